The van der Waals surface area contributed by atoms with E-state index in [1.807, 2.05) is 0 Å². The van der Waals surface area contributed by atoms with Crippen molar-refractivity contribution in [1.82, 2.24) is 4.57 Å². The van der Waals surface area contributed by atoms with Crippen LogP contribution >= 0.6 is 0 Å². The second-order valence-electron chi connectivity index (χ2n) is 8.44. The minimum absolute atomic E-state index is 0.610. The zero-order chi connectivity index (χ0) is 19.0. The summed E-state index contributed by atoms with van der Waals surface area (Å²) in [7, 11) is 0. The average molecular weight is 364 g/mol. The standard InChI is InChI=1S/C24H47N2/c1-5-7-9-11-12-13-14-16-18-20-26-22-21-25(24(26)23(3)4)19-17-15-10-8-6-2/h21-23H,5-20H2,1-4H3/q+1. The molecule has 2 nitrogen and oxygen atoms in total. The van der Waals surface area contributed by atoms with E-state index in [1.54, 1.807) is 0 Å². The number of imidazole rings is 1. The van der Waals surface area contributed by atoms with Gasteiger partial charge in [0.05, 0.1) is 19.0 Å². The maximum Gasteiger partial charge on any atom is 0.258 e. The van der Waals surface area contributed by atoms with Crippen molar-refractivity contribution >= 4 is 0 Å². The van der Waals surface area contributed by atoms with Crippen LogP contribution in [0.4, 0.5) is 0 Å². The molecule has 0 atom stereocenters. The molecule has 2 heteroatoms. The number of aromatic nitrogens is 2. The number of nitrogens with zero attached hydrogens (tertiary/aromatic N) is 2. The van der Waals surface area contributed by atoms with E-state index in [4.69, 9.17) is 0 Å². The molecule has 0 saturated carbocycles. The van der Waals surface area contributed by atoms with Crippen LogP contribution in [0, 0.1) is 0 Å². The number of unbranched alkanes of at least 4 members (excludes halogenated alkanes) is 12. The second kappa shape index (κ2) is 15.3. The van der Waals surface area contributed by atoms with Gasteiger partial charge in [-0.1, -0.05) is 91.9 Å². The number of aryl methyl sites for hydroxylation is 2. The van der Waals surface area contributed by atoms with Gasteiger partial charge in [0, 0.05) is 0 Å². The Morgan fingerprint density at radius 3 is 1.77 bits per heavy atom. The Labute approximate surface area is 164 Å². The van der Waals surface area contributed by atoms with E-state index in [-0.39, 0.29) is 0 Å². The smallest absolute Gasteiger partial charge is 0.234 e. The van der Waals surface area contributed by atoms with Gasteiger partial charge in [0.15, 0.2) is 0 Å². The minimum atomic E-state index is 0.610. The Morgan fingerprint density at radius 1 is 0.731 bits per heavy atom. The molecule has 0 amide bonds. The zero-order valence-electron chi connectivity index (χ0n) is 18.4. The molecule has 0 N–H and O–H groups in total. The summed E-state index contributed by atoms with van der Waals surface area (Å²) in [5.74, 6) is 2.14. The number of hydrogen-bond acceptors (Lipinski definition) is 0. The topological polar surface area (TPSA) is 8.81 Å². The Kier molecular flexibility index (Phi) is 13.7. The first-order valence-corrected chi connectivity index (χ1v) is 11.8. The van der Waals surface area contributed by atoms with Crippen molar-refractivity contribution in [2.75, 3.05) is 0 Å². The molecule has 152 valence electrons. The first-order chi connectivity index (χ1) is 12.7. The van der Waals surface area contributed by atoms with Gasteiger partial charge in [-0.05, 0) is 25.7 Å². The molecule has 0 aliphatic heterocycles. The summed E-state index contributed by atoms with van der Waals surface area (Å²) >= 11 is 0. The second-order valence-corrected chi connectivity index (χ2v) is 8.44. The van der Waals surface area contributed by atoms with E-state index >= 15 is 0 Å². The number of hydrogen-bond donors (Lipinski definition) is 0. The van der Waals surface area contributed by atoms with E-state index in [2.05, 4.69) is 49.2 Å². The lowest BCUT2D eigenvalue weighted by molar-refractivity contribution is -0.705. The fourth-order valence-corrected chi connectivity index (χ4v) is 4.00. The molecule has 0 unspecified atom stereocenters. The van der Waals surface area contributed by atoms with Gasteiger partial charge in [-0.2, -0.15) is 0 Å². The molecule has 0 radical (unpaired) electrons. The summed E-state index contributed by atoms with van der Waals surface area (Å²) in [6, 6.07) is 0. The molecule has 0 bridgehead atoms. The van der Waals surface area contributed by atoms with Crippen LogP contribution in [0.1, 0.15) is 129 Å². The Hall–Kier alpha value is -0.790. The molecular formula is C24H47N2+. The monoisotopic (exact) mass is 363 g/mol. The molecule has 0 aliphatic rings. The molecule has 0 aliphatic carbocycles. The Bertz CT molecular complexity index is 433. The maximum absolute atomic E-state index is 2.53. The van der Waals surface area contributed by atoms with Gasteiger partial charge in [-0.25, -0.2) is 9.13 Å². The highest BCUT2D eigenvalue weighted by Gasteiger charge is 2.19. The third-order valence-corrected chi connectivity index (χ3v) is 5.54. The lowest BCUT2D eigenvalue weighted by Gasteiger charge is -2.08. The largest absolute Gasteiger partial charge is 0.258 e. The third-order valence-electron chi connectivity index (χ3n) is 5.54. The highest BCUT2D eigenvalue weighted by atomic mass is 15.1. The van der Waals surface area contributed by atoms with Gasteiger partial charge in [-0.3, -0.25) is 0 Å². The van der Waals surface area contributed by atoms with Crippen molar-refractivity contribution < 1.29 is 4.57 Å². The molecular weight excluding hydrogens is 316 g/mol. The summed E-state index contributed by atoms with van der Waals surface area (Å²) in [6.45, 7) is 11.7. The van der Waals surface area contributed by atoms with E-state index in [1.165, 1.54) is 109 Å². The van der Waals surface area contributed by atoms with Crippen molar-refractivity contribution in [1.29, 1.82) is 0 Å². The van der Waals surface area contributed by atoms with Crippen molar-refractivity contribution in [2.45, 2.75) is 137 Å². The molecule has 0 saturated heterocycles. The Morgan fingerprint density at radius 2 is 1.23 bits per heavy atom. The van der Waals surface area contributed by atoms with Crippen molar-refractivity contribution in [3.63, 3.8) is 0 Å². The van der Waals surface area contributed by atoms with Gasteiger partial charge in [0.1, 0.15) is 12.4 Å². The fraction of sp³-hybridized carbons (Fsp3) is 0.875. The van der Waals surface area contributed by atoms with Gasteiger partial charge in [-0.15, -0.1) is 0 Å². The molecule has 1 heterocycles. The lowest BCUT2D eigenvalue weighted by Crippen LogP contribution is -2.38. The van der Waals surface area contributed by atoms with Crippen LogP contribution < -0.4 is 4.57 Å². The molecule has 0 fully saturated rings. The highest BCUT2D eigenvalue weighted by Crippen LogP contribution is 2.14. The quantitative estimate of drug-likeness (QED) is 0.201. The fourth-order valence-electron chi connectivity index (χ4n) is 4.00. The van der Waals surface area contributed by atoms with Crippen LogP contribution in [0.3, 0.4) is 0 Å². The van der Waals surface area contributed by atoms with Crippen LogP contribution in [-0.4, -0.2) is 4.57 Å². The predicted molar refractivity (Wildman–Crippen MR) is 115 cm³/mol. The van der Waals surface area contributed by atoms with Crippen LogP contribution in [0.2, 0.25) is 0 Å². The molecule has 1 aromatic heterocycles. The van der Waals surface area contributed by atoms with E-state index < -0.39 is 0 Å². The third kappa shape index (κ3) is 9.78. The molecule has 0 spiro atoms. The van der Waals surface area contributed by atoms with E-state index in [0.717, 1.165) is 0 Å². The van der Waals surface area contributed by atoms with E-state index in [0.29, 0.717) is 5.92 Å². The van der Waals surface area contributed by atoms with Crippen molar-refractivity contribution in [3.8, 4) is 0 Å². The van der Waals surface area contributed by atoms with Gasteiger partial charge in [0.25, 0.3) is 5.82 Å². The summed E-state index contributed by atoms with van der Waals surface area (Å²) in [4.78, 5) is 0. The molecule has 26 heavy (non-hydrogen) atoms. The van der Waals surface area contributed by atoms with Gasteiger partial charge >= 0.3 is 0 Å². The molecule has 1 rings (SSSR count). The average Bonchev–Trinajstić information content (AvgIpc) is 3.03. The van der Waals surface area contributed by atoms with Crippen molar-refractivity contribution in [3.05, 3.63) is 18.2 Å². The van der Waals surface area contributed by atoms with Crippen LogP contribution in [-0.2, 0) is 13.1 Å². The summed E-state index contributed by atoms with van der Waals surface area (Å²) in [5, 5.41) is 0. The van der Waals surface area contributed by atoms with Crippen molar-refractivity contribution in [2.24, 2.45) is 0 Å². The van der Waals surface area contributed by atoms with Crippen LogP contribution in [0.25, 0.3) is 0 Å². The van der Waals surface area contributed by atoms with E-state index in [9.17, 15) is 0 Å². The van der Waals surface area contributed by atoms with Crippen LogP contribution in [0.5, 0.6) is 0 Å². The zero-order valence-corrected chi connectivity index (χ0v) is 18.4. The maximum atomic E-state index is 2.53. The first kappa shape index (κ1) is 23.2. The predicted octanol–water partition coefficient (Wildman–Crippen LogP) is 7.40. The summed E-state index contributed by atoms with van der Waals surface area (Å²) in [5.41, 5.74) is 0. The lowest BCUT2D eigenvalue weighted by atomic mass is 10.1. The highest BCUT2D eigenvalue weighted by molar-refractivity contribution is 4.89. The first-order valence-electron chi connectivity index (χ1n) is 11.8. The van der Waals surface area contributed by atoms with Gasteiger partial charge in [0.2, 0.25) is 0 Å². The summed E-state index contributed by atoms with van der Waals surface area (Å²) < 4.78 is 5.04. The summed E-state index contributed by atoms with van der Waals surface area (Å²) in [6.07, 6.45) is 24.2. The Balaban J connectivity index is 2.26. The van der Waals surface area contributed by atoms with Gasteiger partial charge < -0.3 is 0 Å². The SMILES string of the molecule is CCCCCCCCCCCn1cc[n+](CCCCCCC)c1C(C)C. The number of rotatable bonds is 17. The van der Waals surface area contributed by atoms with Crippen LogP contribution in [0.15, 0.2) is 12.4 Å². The minimum Gasteiger partial charge on any atom is -0.234 e. The molecule has 0 aromatic carbocycles. The normalized spacial score (nSPS) is 11.6. The molecule has 1 aromatic rings.